The fourth-order valence-corrected chi connectivity index (χ4v) is 1.17. The Kier molecular flexibility index (Phi) is 5.16. The van der Waals surface area contributed by atoms with Gasteiger partial charge in [-0.2, -0.15) is 5.26 Å². The zero-order chi connectivity index (χ0) is 11.8. The molecule has 0 N–H and O–H groups in total. The summed E-state index contributed by atoms with van der Waals surface area (Å²) in [6.45, 7) is 1.58. The van der Waals surface area contributed by atoms with Crippen LogP contribution in [-0.2, 0) is 4.74 Å². The second-order valence-corrected chi connectivity index (χ2v) is 3.09. The fraction of sp³-hybridized carbons (Fsp3) is 0.500. The van der Waals surface area contributed by atoms with E-state index in [4.69, 9.17) is 10.00 Å². The minimum absolute atomic E-state index is 0.366. The standard InChI is InChI=1S/C10H13FN4O/c1-16-6-5-15(4-2-3-12)10-13-7-9(11)8-14-10/h7-8H,2,4-6H2,1H3. The van der Waals surface area contributed by atoms with E-state index < -0.39 is 5.82 Å². The second kappa shape index (κ2) is 6.69. The molecule has 86 valence electrons. The highest BCUT2D eigenvalue weighted by Gasteiger charge is 2.08. The SMILES string of the molecule is COCCN(CCC#N)c1ncc(F)cn1. The van der Waals surface area contributed by atoms with Gasteiger partial charge in [-0.1, -0.05) is 0 Å². The Morgan fingerprint density at radius 2 is 2.12 bits per heavy atom. The summed E-state index contributed by atoms with van der Waals surface area (Å²) >= 11 is 0. The molecule has 0 radical (unpaired) electrons. The molecule has 0 aliphatic carbocycles. The van der Waals surface area contributed by atoms with Crippen LogP contribution >= 0.6 is 0 Å². The third kappa shape index (κ3) is 3.79. The molecular weight excluding hydrogens is 211 g/mol. The van der Waals surface area contributed by atoms with E-state index in [9.17, 15) is 4.39 Å². The van der Waals surface area contributed by atoms with Gasteiger partial charge in [0, 0.05) is 20.2 Å². The Balaban J connectivity index is 2.67. The third-order valence-electron chi connectivity index (χ3n) is 1.95. The highest BCUT2D eigenvalue weighted by atomic mass is 19.1. The maximum atomic E-state index is 12.6. The highest BCUT2D eigenvalue weighted by Crippen LogP contribution is 2.06. The van der Waals surface area contributed by atoms with Gasteiger partial charge in [0.15, 0.2) is 5.82 Å². The van der Waals surface area contributed by atoms with Crippen molar-refractivity contribution in [3.63, 3.8) is 0 Å². The zero-order valence-corrected chi connectivity index (χ0v) is 9.06. The minimum Gasteiger partial charge on any atom is -0.383 e. The Labute approximate surface area is 93.5 Å². The molecule has 0 aliphatic heterocycles. The van der Waals surface area contributed by atoms with Crippen molar-refractivity contribution < 1.29 is 9.13 Å². The van der Waals surface area contributed by atoms with E-state index in [1.54, 1.807) is 12.0 Å². The second-order valence-electron chi connectivity index (χ2n) is 3.09. The van der Waals surface area contributed by atoms with Crippen molar-refractivity contribution in [1.82, 2.24) is 9.97 Å². The summed E-state index contributed by atoms with van der Waals surface area (Å²) in [6, 6.07) is 2.04. The number of nitriles is 1. The van der Waals surface area contributed by atoms with Crippen LogP contribution in [0.5, 0.6) is 0 Å². The first-order valence-electron chi connectivity index (χ1n) is 4.86. The number of aromatic nitrogens is 2. The Morgan fingerprint density at radius 1 is 1.44 bits per heavy atom. The van der Waals surface area contributed by atoms with E-state index >= 15 is 0 Å². The summed E-state index contributed by atoms with van der Waals surface area (Å²) in [5, 5.41) is 8.52. The molecule has 0 fully saturated rings. The molecule has 1 heterocycles. The van der Waals surface area contributed by atoms with Crippen LogP contribution in [0.1, 0.15) is 6.42 Å². The summed E-state index contributed by atoms with van der Waals surface area (Å²) in [5.74, 6) is -0.0653. The first kappa shape index (κ1) is 12.3. The van der Waals surface area contributed by atoms with Gasteiger partial charge in [-0.05, 0) is 0 Å². The number of ether oxygens (including phenoxy) is 1. The first-order valence-corrected chi connectivity index (χ1v) is 4.86. The van der Waals surface area contributed by atoms with Gasteiger partial charge in [0.25, 0.3) is 0 Å². The molecule has 0 aromatic carbocycles. The van der Waals surface area contributed by atoms with Crippen molar-refractivity contribution in [1.29, 1.82) is 5.26 Å². The van der Waals surface area contributed by atoms with Crippen molar-refractivity contribution in [3.05, 3.63) is 18.2 Å². The van der Waals surface area contributed by atoms with Gasteiger partial charge in [-0.3, -0.25) is 0 Å². The summed E-state index contributed by atoms with van der Waals surface area (Å²) in [4.78, 5) is 9.50. The van der Waals surface area contributed by atoms with E-state index in [1.165, 1.54) is 0 Å². The molecule has 0 atom stereocenters. The van der Waals surface area contributed by atoms with Crippen molar-refractivity contribution >= 4 is 5.95 Å². The van der Waals surface area contributed by atoms with Gasteiger partial charge < -0.3 is 9.64 Å². The van der Waals surface area contributed by atoms with E-state index in [0.29, 0.717) is 32.1 Å². The monoisotopic (exact) mass is 224 g/mol. The van der Waals surface area contributed by atoms with Crippen LogP contribution in [0, 0.1) is 17.1 Å². The van der Waals surface area contributed by atoms with Crippen molar-refractivity contribution in [2.24, 2.45) is 0 Å². The smallest absolute Gasteiger partial charge is 0.225 e. The van der Waals surface area contributed by atoms with E-state index in [2.05, 4.69) is 9.97 Å². The van der Waals surface area contributed by atoms with Crippen LogP contribution in [-0.4, -0.2) is 36.8 Å². The fourth-order valence-electron chi connectivity index (χ4n) is 1.17. The zero-order valence-electron chi connectivity index (χ0n) is 9.06. The van der Waals surface area contributed by atoms with Crippen LogP contribution in [0.15, 0.2) is 12.4 Å². The molecule has 1 aromatic rings. The number of halogens is 1. The number of hydrogen-bond acceptors (Lipinski definition) is 5. The van der Waals surface area contributed by atoms with E-state index in [1.807, 2.05) is 6.07 Å². The van der Waals surface area contributed by atoms with E-state index in [-0.39, 0.29) is 0 Å². The number of nitrogens with zero attached hydrogens (tertiary/aromatic N) is 4. The molecule has 0 amide bonds. The summed E-state index contributed by atoms with van der Waals surface area (Å²) in [7, 11) is 1.59. The Bertz CT molecular complexity index is 349. The maximum absolute atomic E-state index is 12.6. The molecule has 0 spiro atoms. The molecular formula is C10H13FN4O. The average molecular weight is 224 g/mol. The molecule has 0 aliphatic rings. The number of rotatable bonds is 6. The molecule has 5 nitrogen and oxygen atoms in total. The van der Waals surface area contributed by atoms with Gasteiger partial charge in [-0.15, -0.1) is 0 Å². The molecule has 1 rings (SSSR count). The molecule has 0 bridgehead atoms. The first-order chi connectivity index (χ1) is 7.77. The Hall–Kier alpha value is -1.74. The van der Waals surface area contributed by atoms with Crippen molar-refractivity contribution in [2.75, 3.05) is 31.7 Å². The topological polar surface area (TPSA) is 62.0 Å². The van der Waals surface area contributed by atoms with Crippen LogP contribution in [0.4, 0.5) is 10.3 Å². The summed E-state index contributed by atoms with van der Waals surface area (Å²) in [5.41, 5.74) is 0. The summed E-state index contributed by atoms with van der Waals surface area (Å²) < 4.78 is 17.6. The normalized spacial score (nSPS) is 9.81. The lowest BCUT2D eigenvalue weighted by atomic mass is 10.4. The lowest BCUT2D eigenvalue weighted by molar-refractivity contribution is 0.205. The lowest BCUT2D eigenvalue weighted by Crippen LogP contribution is -2.29. The van der Waals surface area contributed by atoms with Gasteiger partial charge in [0.05, 0.1) is 31.5 Å². The largest absolute Gasteiger partial charge is 0.383 e. The highest BCUT2D eigenvalue weighted by molar-refractivity contribution is 5.28. The molecule has 0 unspecified atom stereocenters. The van der Waals surface area contributed by atoms with Crippen molar-refractivity contribution in [2.45, 2.75) is 6.42 Å². The lowest BCUT2D eigenvalue weighted by Gasteiger charge is -2.20. The predicted octanol–water partition coefficient (Wildman–Crippen LogP) is 0.982. The third-order valence-corrected chi connectivity index (χ3v) is 1.95. The van der Waals surface area contributed by atoms with Crippen molar-refractivity contribution in [3.8, 4) is 6.07 Å². The van der Waals surface area contributed by atoms with Crippen LogP contribution in [0.25, 0.3) is 0 Å². The van der Waals surface area contributed by atoms with Crippen LogP contribution < -0.4 is 4.90 Å². The quantitative estimate of drug-likeness (QED) is 0.720. The van der Waals surface area contributed by atoms with E-state index in [0.717, 1.165) is 12.4 Å². The molecule has 16 heavy (non-hydrogen) atoms. The average Bonchev–Trinajstić information content (AvgIpc) is 2.31. The molecule has 6 heteroatoms. The van der Waals surface area contributed by atoms with Crippen LogP contribution in [0.3, 0.4) is 0 Å². The predicted molar refractivity (Wildman–Crippen MR) is 56.3 cm³/mol. The van der Waals surface area contributed by atoms with Gasteiger partial charge in [0.1, 0.15) is 0 Å². The maximum Gasteiger partial charge on any atom is 0.225 e. The molecule has 0 saturated carbocycles. The number of hydrogen-bond donors (Lipinski definition) is 0. The van der Waals surface area contributed by atoms with Crippen LogP contribution in [0.2, 0.25) is 0 Å². The molecule has 1 aromatic heterocycles. The summed E-state index contributed by atoms with van der Waals surface area (Å²) in [6.07, 6.45) is 2.58. The number of anilines is 1. The van der Waals surface area contributed by atoms with Gasteiger partial charge in [0.2, 0.25) is 5.95 Å². The van der Waals surface area contributed by atoms with Gasteiger partial charge >= 0.3 is 0 Å². The molecule has 0 saturated heterocycles. The Morgan fingerprint density at radius 3 is 2.69 bits per heavy atom. The number of methoxy groups -OCH3 is 1. The van der Waals surface area contributed by atoms with Gasteiger partial charge in [-0.25, -0.2) is 14.4 Å². The minimum atomic E-state index is -0.476.